The lowest BCUT2D eigenvalue weighted by Gasteiger charge is -2.47. The summed E-state index contributed by atoms with van der Waals surface area (Å²) in [6.07, 6.45) is 5.06. The second-order valence-corrected chi connectivity index (χ2v) is 24.3. The first kappa shape index (κ1) is 38.6. The van der Waals surface area contributed by atoms with Gasteiger partial charge in [-0.05, 0) is 181 Å². The van der Waals surface area contributed by atoms with Crippen LogP contribution in [0.5, 0.6) is 0 Å². The topological polar surface area (TPSA) is 6.48 Å². The van der Waals surface area contributed by atoms with Gasteiger partial charge in [-0.1, -0.05) is 119 Å². The summed E-state index contributed by atoms with van der Waals surface area (Å²) >= 11 is 2.04. The predicted octanol–water partition coefficient (Wildman–Crippen LogP) is 14.0. The second-order valence-electron chi connectivity index (χ2n) is 23.2. The number of hydrogen-bond donors (Lipinski definition) is 0. The first-order valence-corrected chi connectivity index (χ1v) is 23.7. The third-order valence-electron chi connectivity index (χ3n) is 16.5. The Bertz CT molecular complexity index is 2790. The van der Waals surface area contributed by atoms with Gasteiger partial charge in [0, 0.05) is 33.1 Å². The summed E-state index contributed by atoms with van der Waals surface area (Å²) in [6.45, 7) is 31.4. The molecular weight excluding hydrogens is 744 g/mol. The Labute approximate surface area is 364 Å². The average molecular weight is 807 g/mol. The lowest BCUT2D eigenvalue weighted by Crippen LogP contribution is -2.61. The Morgan fingerprint density at radius 3 is 1.72 bits per heavy atom. The molecule has 0 spiro atoms. The standard InChI is InChI=1S/C56H63BN2S/c1-32-26-46-50-47(27-32)59(37-20-16-35(17-21-37)53(6,7)8)51-49(39-28-38-33(2)40-22-23-56(40,13)41(38)31-48(39)60-51)57(50)44-29-42-43(55(11,12)25-24-54(42,9)10)30-45(44)58(46)36-18-14-34(15-19-36)52(3,4)5/h14-21,26-31,33,40H,22-25H2,1-13H3. The zero-order valence-corrected chi connectivity index (χ0v) is 39.3. The normalized spacial score (nSPS) is 23.1. The molecule has 11 rings (SSSR count). The molecule has 0 saturated heterocycles. The van der Waals surface area contributed by atoms with Gasteiger partial charge in [0.25, 0.3) is 6.71 Å². The molecule has 5 aliphatic rings. The number of anilines is 6. The molecule has 3 aliphatic carbocycles. The Balaban J connectivity index is 1.25. The molecule has 3 heterocycles. The molecule has 3 unspecified atom stereocenters. The molecule has 0 N–H and O–H groups in total. The summed E-state index contributed by atoms with van der Waals surface area (Å²) in [7, 11) is 0. The highest BCUT2D eigenvalue weighted by atomic mass is 32.1. The SMILES string of the molecule is Cc1cc2c3c(c1)N(c1ccc(C(C)(C)C)cc1)c1sc4cc5c(cc4c1B3c1cc3c(cc1N2c1ccc(C(C)(C)C)cc1)C(C)(C)CCC3(C)C)C(C)C1CCC51C. The number of nitrogens with zero attached hydrogens (tertiary/aromatic N) is 2. The number of benzene rings is 5. The molecule has 0 bridgehead atoms. The number of fused-ring (bicyclic) bond motifs is 10. The van der Waals surface area contributed by atoms with Crippen molar-refractivity contribution in [1.82, 2.24) is 0 Å². The van der Waals surface area contributed by atoms with E-state index in [0.717, 1.165) is 5.92 Å². The van der Waals surface area contributed by atoms with Crippen molar-refractivity contribution >= 4 is 78.0 Å². The van der Waals surface area contributed by atoms with Gasteiger partial charge in [0.15, 0.2) is 0 Å². The van der Waals surface area contributed by atoms with Crippen LogP contribution in [0, 0.1) is 12.8 Å². The molecule has 2 nitrogen and oxygen atoms in total. The van der Waals surface area contributed by atoms with Crippen molar-refractivity contribution in [2.75, 3.05) is 9.80 Å². The fourth-order valence-corrected chi connectivity index (χ4v) is 13.8. The first-order valence-electron chi connectivity index (χ1n) is 22.9. The summed E-state index contributed by atoms with van der Waals surface area (Å²) in [5.41, 5.74) is 21.8. The van der Waals surface area contributed by atoms with Crippen molar-refractivity contribution in [3.8, 4) is 0 Å². The van der Waals surface area contributed by atoms with Gasteiger partial charge in [0.05, 0.1) is 5.00 Å². The van der Waals surface area contributed by atoms with Crippen molar-refractivity contribution < 1.29 is 0 Å². The summed E-state index contributed by atoms with van der Waals surface area (Å²) in [4.78, 5) is 5.31. The van der Waals surface area contributed by atoms with Crippen molar-refractivity contribution in [2.24, 2.45) is 5.92 Å². The van der Waals surface area contributed by atoms with Crippen LogP contribution in [0.3, 0.4) is 0 Å². The average Bonchev–Trinajstić information content (AvgIpc) is 3.60. The molecular formula is C56H63BN2S. The van der Waals surface area contributed by atoms with E-state index in [-0.39, 0.29) is 28.4 Å². The van der Waals surface area contributed by atoms with E-state index < -0.39 is 0 Å². The minimum absolute atomic E-state index is 0.0781. The largest absolute Gasteiger partial charge is 0.311 e. The van der Waals surface area contributed by atoms with Crippen molar-refractivity contribution in [3.05, 3.63) is 124 Å². The van der Waals surface area contributed by atoms with Crippen LogP contribution in [0.1, 0.15) is 154 Å². The fourth-order valence-electron chi connectivity index (χ4n) is 12.5. The Morgan fingerprint density at radius 1 is 0.617 bits per heavy atom. The van der Waals surface area contributed by atoms with Crippen molar-refractivity contribution in [2.45, 2.75) is 149 Å². The van der Waals surface area contributed by atoms with Crippen LogP contribution in [0.4, 0.5) is 33.4 Å². The van der Waals surface area contributed by atoms with Crippen LogP contribution < -0.4 is 26.2 Å². The zero-order chi connectivity index (χ0) is 42.2. The van der Waals surface area contributed by atoms with Gasteiger partial charge in [-0.3, -0.25) is 0 Å². The van der Waals surface area contributed by atoms with E-state index in [1.165, 1.54) is 113 Å². The summed E-state index contributed by atoms with van der Waals surface area (Å²) in [5, 5.41) is 2.86. The second kappa shape index (κ2) is 12.2. The van der Waals surface area contributed by atoms with Gasteiger partial charge in [-0.15, -0.1) is 11.3 Å². The third-order valence-corrected chi connectivity index (χ3v) is 17.6. The lowest BCUT2D eigenvalue weighted by atomic mass is 9.33. The number of rotatable bonds is 2. The number of aryl methyl sites for hydroxylation is 1. The highest BCUT2D eigenvalue weighted by Gasteiger charge is 2.54. The van der Waals surface area contributed by atoms with Gasteiger partial charge in [-0.25, -0.2) is 0 Å². The smallest absolute Gasteiger partial charge is 0.254 e. The van der Waals surface area contributed by atoms with Gasteiger partial charge in [-0.2, -0.15) is 0 Å². The highest BCUT2D eigenvalue weighted by Crippen LogP contribution is 2.63. The van der Waals surface area contributed by atoms with E-state index >= 15 is 0 Å². The van der Waals surface area contributed by atoms with Crippen LogP contribution >= 0.6 is 11.3 Å². The molecule has 1 fully saturated rings. The first-order chi connectivity index (χ1) is 28.2. The van der Waals surface area contributed by atoms with E-state index in [0.29, 0.717) is 11.3 Å². The van der Waals surface area contributed by atoms with Crippen LogP contribution in [0.2, 0.25) is 0 Å². The maximum absolute atomic E-state index is 2.71. The molecule has 2 aliphatic heterocycles. The molecule has 5 aromatic carbocycles. The van der Waals surface area contributed by atoms with E-state index in [2.05, 4.69) is 185 Å². The maximum Gasteiger partial charge on any atom is 0.254 e. The molecule has 306 valence electrons. The van der Waals surface area contributed by atoms with E-state index in [1.54, 1.807) is 11.1 Å². The molecule has 1 saturated carbocycles. The van der Waals surface area contributed by atoms with Crippen LogP contribution in [-0.4, -0.2) is 6.71 Å². The predicted molar refractivity (Wildman–Crippen MR) is 262 cm³/mol. The quantitative estimate of drug-likeness (QED) is 0.161. The molecule has 6 aromatic rings. The summed E-state index contributed by atoms with van der Waals surface area (Å²) < 4.78 is 1.45. The van der Waals surface area contributed by atoms with Gasteiger partial charge in [0.2, 0.25) is 0 Å². The minimum atomic E-state index is 0.0781. The molecule has 3 atom stereocenters. The minimum Gasteiger partial charge on any atom is -0.311 e. The monoisotopic (exact) mass is 806 g/mol. The van der Waals surface area contributed by atoms with Crippen LogP contribution in [-0.2, 0) is 27.1 Å². The molecule has 0 amide bonds. The Kier molecular flexibility index (Phi) is 7.86. The van der Waals surface area contributed by atoms with E-state index in [1.807, 2.05) is 11.3 Å². The van der Waals surface area contributed by atoms with E-state index in [9.17, 15) is 0 Å². The van der Waals surface area contributed by atoms with E-state index in [4.69, 9.17) is 0 Å². The zero-order valence-electron chi connectivity index (χ0n) is 38.4. The van der Waals surface area contributed by atoms with Crippen molar-refractivity contribution in [1.29, 1.82) is 0 Å². The summed E-state index contributed by atoms with van der Waals surface area (Å²) in [5.74, 6) is 1.35. The number of thiophene rings is 1. The Hall–Kier alpha value is -4.28. The fraction of sp³-hybridized carbons (Fsp3) is 0.429. The molecule has 4 heteroatoms. The van der Waals surface area contributed by atoms with Gasteiger partial charge >= 0.3 is 0 Å². The van der Waals surface area contributed by atoms with Crippen molar-refractivity contribution in [3.63, 3.8) is 0 Å². The maximum atomic E-state index is 2.71. The van der Waals surface area contributed by atoms with Crippen LogP contribution in [0.15, 0.2) is 84.9 Å². The highest BCUT2D eigenvalue weighted by molar-refractivity contribution is 7.26. The number of hydrogen-bond acceptors (Lipinski definition) is 3. The lowest BCUT2D eigenvalue weighted by molar-refractivity contribution is 0.142. The molecule has 1 aromatic heterocycles. The third kappa shape index (κ3) is 5.25. The van der Waals surface area contributed by atoms with Crippen LogP contribution in [0.25, 0.3) is 10.1 Å². The summed E-state index contributed by atoms with van der Waals surface area (Å²) in [6, 6.07) is 34.8. The Morgan fingerprint density at radius 2 is 1.17 bits per heavy atom. The van der Waals surface area contributed by atoms with Gasteiger partial charge in [0.1, 0.15) is 0 Å². The molecule has 0 radical (unpaired) electrons. The molecule has 60 heavy (non-hydrogen) atoms. The van der Waals surface area contributed by atoms with Gasteiger partial charge < -0.3 is 9.80 Å².